The predicted molar refractivity (Wildman–Crippen MR) is 82.4 cm³/mol. The molecule has 2 aromatic heterocycles. The second-order valence-corrected chi connectivity index (χ2v) is 6.29. The maximum atomic E-state index is 12.1. The number of nitrogens with one attached hydrogen (secondary N) is 1. The van der Waals surface area contributed by atoms with Crippen molar-refractivity contribution in [2.24, 2.45) is 5.73 Å². The molecule has 3 N–H and O–H groups in total. The standard InChI is InChI=1S/C15H17N3O2S/c1-15(2,12-4-3-7-21-12)9-18-14(20)11-6-5-10(8-17-11)13(16)19/h3-8H,9H2,1-2H3,(H2,16,19)(H,18,20). The van der Waals surface area contributed by atoms with Gasteiger partial charge in [0.2, 0.25) is 5.91 Å². The number of rotatable bonds is 5. The summed E-state index contributed by atoms with van der Waals surface area (Å²) < 4.78 is 0. The SMILES string of the molecule is CC(C)(CNC(=O)c1ccc(C(N)=O)cn1)c1cccs1. The Morgan fingerprint density at radius 2 is 2.10 bits per heavy atom. The first-order valence-electron chi connectivity index (χ1n) is 6.48. The highest BCUT2D eigenvalue weighted by Gasteiger charge is 2.23. The Morgan fingerprint density at radius 1 is 1.33 bits per heavy atom. The number of hydrogen-bond donors (Lipinski definition) is 2. The fourth-order valence-corrected chi connectivity index (χ4v) is 2.67. The van der Waals surface area contributed by atoms with Crippen LogP contribution in [0.3, 0.4) is 0 Å². The molecule has 0 aliphatic heterocycles. The molecule has 0 atom stereocenters. The average Bonchev–Trinajstić information content (AvgIpc) is 3.00. The number of hydrogen-bond acceptors (Lipinski definition) is 4. The van der Waals surface area contributed by atoms with E-state index in [9.17, 15) is 9.59 Å². The van der Waals surface area contributed by atoms with E-state index in [-0.39, 0.29) is 22.6 Å². The molecule has 0 aliphatic carbocycles. The van der Waals surface area contributed by atoms with Crippen LogP contribution in [0.2, 0.25) is 0 Å². The molecule has 2 heterocycles. The summed E-state index contributed by atoms with van der Waals surface area (Å²) in [4.78, 5) is 28.2. The lowest BCUT2D eigenvalue weighted by Gasteiger charge is -2.23. The van der Waals surface area contributed by atoms with Crippen LogP contribution >= 0.6 is 11.3 Å². The molecule has 5 nitrogen and oxygen atoms in total. The van der Waals surface area contributed by atoms with Gasteiger partial charge in [-0.25, -0.2) is 0 Å². The molecule has 2 aromatic rings. The van der Waals surface area contributed by atoms with Gasteiger partial charge < -0.3 is 11.1 Å². The molecule has 2 amide bonds. The van der Waals surface area contributed by atoms with Gasteiger partial charge in [0.25, 0.3) is 5.91 Å². The normalized spacial score (nSPS) is 11.1. The summed E-state index contributed by atoms with van der Waals surface area (Å²) in [7, 11) is 0. The molecule has 0 fully saturated rings. The zero-order valence-corrected chi connectivity index (χ0v) is 12.7. The molecule has 0 aliphatic rings. The highest BCUT2D eigenvalue weighted by atomic mass is 32.1. The van der Waals surface area contributed by atoms with Gasteiger partial charge >= 0.3 is 0 Å². The van der Waals surface area contributed by atoms with Gasteiger partial charge in [-0.05, 0) is 23.6 Å². The first-order valence-corrected chi connectivity index (χ1v) is 7.36. The number of thiophene rings is 1. The predicted octanol–water partition coefficient (Wildman–Crippen LogP) is 1.95. The van der Waals surface area contributed by atoms with Gasteiger partial charge in [0, 0.05) is 23.0 Å². The third kappa shape index (κ3) is 3.66. The van der Waals surface area contributed by atoms with Crippen molar-refractivity contribution >= 4 is 23.2 Å². The minimum absolute atomic E-state index is 0.142. The third-order valence-electron chi connectivity index (χ3n) is 3.16. The summed E-state index contributed by atoms with van der Waals surface area (Å²) in [5.74, 6) is -0.830. The Bertz CT molecular complexity index is 633. The Morgan fingerprint density at radius 3 is 2.62 bits per heavy atom. The first kappa shape index (κ1) is 15.2. The quantitative estimate of drug-likeness (QED) is 0.885. The van der Waals surface area contributed by atoms with E-state index in [0.717, 1.165) is 0 Å². The van der Waals surface area contributed by atoms with Crippen molar-refractivity contribution in [3.05, 3.63) is 52.0 Å². The number of carbonyl (C=O) groups excluding carboxylic acids is 2. The summed E-state index contributed by atoms with van der Waals surface area (Å²) in [6.07, 6.45) is 1.31. The zero-order chi connectivity index (χ0) is 15.5. The number of nitrogens with zero attached hydrogens (tertiary/aromatic N) is 1. The topological polar surface area (TPSA) is 85.1 Å². The average molecular weight is 303 g/mol. The number of carbonyl (C=O) groups is 2. The van der Waals surface area contributed by atoms with Crippen LogP contribution in [-0.2, 0) is 5.41 Å². The summed E-state index contributed by atoms with van der Waals surface area (Å²) >= 11 is 1.66. The molecular weight excluding hydrogens is 286 g/mol. The third-order valence-corrected chi connectivity index (χ3v) is 4.40. The first-order chi connectivity index (χ1) is 9.90. The van der Waals surface area contributed by atoms with Gasteiger partial charge in [-0.15, -0.1) is 11.3 Å². The second kappa shape index (κ2) is 6.05. The molecule has 2 rings (SSSR count). The highest BCUT2D eigenvalue weighted by Crippen LogP contribution is 2.26. The van der Waals surface area contributed by atoms with E-state index in [2.05, 4.69) is 30.2 Å². The molecule has 0 aromatic carbocycles. The summed E-state index contributed by atoms with van der Waals surface area (Å²) in [5, 5.41) is 4.88. The van der Waals surface area contributed by atoms with Crippen molar-refractivity contribution in [1.29, 1.82) is 0 Å². The zero-order valence-electron chi connectivity index (χ0n) is 11.9. The Kier molecular flexibility index (Phi) is 4.37. The van der Waals surface area contributed by atoms with Gasteiger partial charge in [0.1, 0.15) is 5.69 Å². The molecular formula is C15H17N3O2S. The number of aromatic nitrogens is 1. The Balaban J connectivity index is 2.00. The van der Waals surface area contributed by atoms with Gasteiger partial charge in [-0.1, -0.05) is 19.9 Å². The molecule has 110 valence electrons. The summed E-state index contributed by atoms with van der Waals surface area (Å²) in [6.45, 7) is 4.65. The molecule has 0 saturated heterocycles. The van der Waals surface area contributed by atoms with E-state index in [1.807, 2.05) is 11.4 Å². The Labute approximate surface area is 127 Å². The van der Waals surface area contributed by atoms with Crippen molar-refractivity contribution in [1.82, 2.24) is 10.3 Å². The van der Waals surface area contributed by atoms with Crippen molar-refractivity contribution in [2.75, 3.05) is 6.54 Å². The van der Waals surface area contributed by atoms with E-state index in [1.165, 1.54) is 23.2 Å². The van der Waals surface area contributed by atoms with Gasteiger partial charge in [0.15, 0.2) is 0 Å². The van der Waals surface area contributed by atoms with Gasteiger partial charge in [0.05, 0.1) is 5.56 Å². The van der Waals surface area contributed by atoms with Crippen molar-refractivity contribution in [3.63, 3.8) is 0 Å². The fourth-order valence-electron chi connectivity index (χ4n) is 1.82. The van der Waals surface area contributed by atoms with Crippen LogP contribution < -0.4 is 11.1 Å². The van der Waals surface area contributed by atoms with E-state index in [0.29, 0.717) is 6.54 Å². The van der Waals surface area contributed by atoms with Crippen LogP contribution in [0.25, 0.3) is 0 Å². The van der Waals surface area contributed by atoms with Crippen molar-refractivity contribution in [2.45, 2.75) is 19.3 Å². The molecule has 0 radical (unpaired) electrons. The molecule has 21 heavy (non-hydrogen) atoms. The minimum atomic E-state index is -0.562. The van der Waals surface area contributed by atoms with Crippen molar-refractivity contribution in [3.8, 4) is 0 Å². The lowest BCUT2D eigenvalue weighted by Crippen LogP contribution is -2.36. The van der Waals surface area contributed by atoms with Crippen LogP contribution in [0.15, 0.2) is 35.8 Å². The minimum Gasteiger partial charge on any atom is -0.366 e. The molecule has 6 heteroatoms. The number of pyridine rings is 1. The number of primary amides is 1. The summed E-state index contributed by atoms with van der Waals surface area (Å²) in [6, 6.07) is 7.03. The molecule has 0 unspecified atom stereocenters. The van der Waals surface area contributed by atoms with Gasteiger partial charge in [-0.3, -0.25) is 14.6 Å². The van der Waals surface area contributed by atoms with Crippen LogP contribution in [0, 0.1) is 0 Å². The monoisotopic (exact) mass is 303 g/mol. The fraction of sp³-hybridized carbons (Fsp3) is 0.267. The smallest absolute Gasteiger partial charge is 0.269 e. The molecule has 0 saturated carbocycles. The molecule has 0 spiro atoms. The maximum absolute atomic E-state index is 12.1. The van der Waals surface area contributed by atoms with Crippen LogP contribution in [0.4, 0.5) is 0 Å². The maximum Gasteiger partial charge on any atom is 0.269 e. The van der Waals surface area contributed by atoms with Crippen LogP contribution in [0.5, 0.6) is 0 Å². The lowest BCUT2D eigenvalue weighted by molar-refractivity contribution is 0.0938. The van der Waals surface area contributed by atoms with E-state index < -0.39 is 5.91 Å². The summed E-state index contributed by atoms with van der Waals surface area (Å²) in [5.41, 5.74) is 5.54. The molecule has 0 bridgehead atoms. The number of nitrogens with two attached hydrogens (primary N) is 1. The van der Waals surface area contributed by atoms with E-state index in [4.69, 9.17) is 5.73 Å². The van der Waals surface area contributed by atoms with Gasteiger partial charge in [-0.2, -0.15) is 0 Å². The lowest BCUT2D eigenvalue weighted by atomic mass is 9.91. The van der Waals surface area contributed by atoms with Crippen LogP contribution in [-0.4, -0.2) is 23.3 Å². The van der Waals surface area contributed by atoms with Crippen LogP contribution in [0.1, 0.15) is 39.6 Å². The van der Waals surface area contributed by atoms with E-state index >= 15 is 0 Å². The van der Waals surface area contributed by atoms with Crippen molar-refractivity contribution < 1.29 is 9.59 Å². The second-order valence-electron chi connectivity index (χ2n) is 5.34. The van der Waals surface area contributed by atoms with E-state index in [1.54, 1.807) is 11.3 Å². The largest absolute Gasteiger partial charge is 0.366 e. The Hall–Kier alpha value is -2.21. The highest BCUT2D eigenvalue weighted by molar-refractivity contribution is 7.10. The number of amides is 2.